The average Bonchev–Trinajstić information content (AvgIpc) is 2.23. The molecule has 6 nitrogen and oxygen atoms in total. The van der Waals surface area contributed by atoms with Crippen LogP contribution < -0.4 is 0 Å². The van der Waals surface area contributed by atoms with Gasteiger partial charge < -0.3 is 5.11 Å². The smallest absolute Gasteiger partial charge is 0.300 e. The summed E-state index contributed by atoms with van der Waals surface area (Å²) in [7, 11) is 0. The first kappa shape index (κ1) is 18.2. The summed E-state index contributed by atoms with van der Waals surface area (Å²) >= 11 is 0. The van der Waals surface area contributed by atoms with Gasteiger partial charge in [0, 0.05) is 6.92 Å². The van der Waals surface area contributed by atoms with Crippen LogP contribution in [0.3, 0.4) is 0 Å². The lowest BCUT2D eigenvalue weighted by atomic mass is 9.63. The molecule has 112 valence electrons. The van der Waals surface area contributed by atoms with Crippen molar-refractivity contribution < 1.29 is 19.5 Å². The summed E-state index contributed by atoms with van der Waals surface area (Å²) in [5.74, 6) is -0.833. The summed E-state index contributed by atoms with van der Waals surface area (Å²) in [5, 5.41) is 7.42. The molecule has 1 fully saturated rings. The second-order valence-corrected chi connectivity index (χ2v) is 6.36. The van der Waals surface area contributed by atoms with Gasteiger partial charge in [0.25, 0.3) is 5.97 Å². The van der Waals surface area contributed by atoms with E-state index in [1.165, 1.54) is 0 Å². The van der Waals surface area contributed by atoms with Gasteiger partial charge >= 0.3 is 0 Å². The molecule has 0 radical (unpaired) electrons. The lowest BCUT2D eigenvalue weighted by molar-refractivity contribution is -0.134. The second kappa shape index (κ2) is 7.73. The van der Waals surface area contributed by atoms with E-state index in [4.69, 9.17) is 9.90 Å². The highest BCUT2D eigenvalue weighted by molar-refractivity contribution is 5.62. The van der Waals surface area contributed by atoms with Gasteiger partial charge in [-0.15, -0.1) is 0 Å². The predicted molar refractivity (Wildman–Crippen MR) is 73.9 cm³/mol. The minimum atomic E-state index is -0.833. The third-order valence-electron chi connectivity index (χ3n) is 3.18. The number of carboxylic acid groups (broad SMARTS) is 1. The Morgan fingerprint density at radius 2 is 1.80 bits per heavy atom. The monoisotopic (exact) mass is 282 g/mol. The van der Waals surface area contributed by atoms with Gasteiger partial charge in [0.05, 0.1) is 12.6 Å². The lowest BCUT2D eigenvalue weighted by Crippen LogP contribution is -2.39. The van der Waals surface area contributed by atoms with E-state index in [1.54, 1.807) is 12.2 Å². The van der Waals surface area contributed by atoms with Gasteiger partial charge in [0.1, 0.15) is 0 Å². The Hall–Kier alpha value is -1.77. The summed E-state index contributed by atoms with van der Waals surface area (Å²) < 4.78 is 0. The molecule has 0 heterocycles. The lowest BCUT2D eigenvalue weighted by Gasteiger charge is -2.44. The summed E-state index contributed by atoms with van der Waals surface area (Å²) in [6.07, 6.45) is 5.88. The molecule has 20 heavy (non-hydrogen) atoms. The molecule has 0 bridgehead atoms. The molecule has 0 saturated heterocycles. The van der Waals surface area contributed by atoms with E-state index in [0.29, 0.717) is 6.54 Å². The zero-order chi connectivity index (χ0) is 15.8. The normalized spacial score (nSPS) is 27.1. The second-order valence-electron chi connectivity index (χ2n) is 6.36. The van der Waals surface area contributed by atoms with Crippen LogP contribution in [0, 0.1) is 10.8 Å². The quantitative estimate of drug-likeness (QED) is 0.634. The van der Waals surface area contributed by atoms with Crippen molar-refractivity contribution in [2.75, 3.05) is 6.54 Å². The van der Waals surface area contributed by atoms with E-state index < -0.39 is 5.97 Å². The maximum Gasteiger partial charge on any atom is 0.300 e. The van der Waals surface area contributed by atoms with Crippen molar-refractivity contribution in [2.24, 2.45) is 20.8 Å². The van der Waals surface area contributed by atoms with Crippen molar-refractivity contribution in [3.8, 4) is 0 Å². The molecule has 6 heteroatoms. The Morgan fingerprint density at radius 1 is 1.25 bits per heavy atom. The molecule has 1 N–H and O–H groups in total. The van der Waals surface area contributed by atoms with E-state index >= 15 is 0 Å². The molecule has 1 rings (SSSR count). The van der Waals surface area contributed by atoms with Crippen molar-refractivity contribution >= 4 is 18.1 Å². The minimum absolute atomic E-state index is 0.00750. The summed E-state index contributed by atoms with van der Waals surface area (Å²) in [6, 6.07) is 0.00750. The summed E-state index contributed by atoms with van der Waals surface area (Å²) in [4.78, 5) is 37.0. The van der Waals surface area contributed by atoms with Crippen molar-refractivity contribution in [1.29, 1.82) is 0 Å². The summed E-state index contributed by atoms with van der Waals surface area (Å²) in [6.45, 7) is 7.94. The van der Waals surface area contributed by atoms with E-state index in [9.17, 15) is 9.59 Å². The third kappa shape index (κ3) is 7.62. The van der Waals surface area contributed by atoms with Crippen LogP contribution in [0.2, 0.25) is 0 Å². The molecule has 0 aromatic heterocycles. The van der Waals surface area contributed by atoms with Gasteiger partial charge in [-0.05, 0) is 30.1 Å². The number of hydrogen-bond acceptors (Lipinski definition) is 5. The zero-order valence-electron chi connectivity index (χ0n) is 12.5. The number of hydrogen-bond donors (Lipinski definition) is 1. The van der Waals surface area contributed by atoms with Gasteiger partial charge in [0.15, 0.2) is 0 Å². The molecular formula is C14H22N2O4. The van der Waals surface area contributed by atoms with Crippen LogP contribution in [0.15, 0.2) is 9.98 Å². The van der Waals surface area contributed by atoms with Gasteiger partial charge in [0.2, 0.25) is 12.2 Å². The predicted octanol–water partition coefficient (Wildman–Crippen LogP) is 2.33. The fourth-order valence-electron chi connectivity index (χ4n) is 3.09. The first-order valence-electron chi connectivity index (χ1n) is 6.44. The van der Waals surface area contributed by atoms with Gasteiger partial charge in [-0.25, -0.2) is 19.6 Å². The van der Waals surface area contributed by atoms with Crippen molar-refractivity contribution in [2.45, 2.75) is 53.0 Å². The highest BCUT2D eigenvalue weighted by atomic mass is 16.4. The number of rotatable bonds is 3. The van der Waals surface area contributed by atoms with Crippen LogP contribution in [0.4, 0.5) is 0 Å². The number of carbonyl (C=O) groups is 1. The number of isocyanates is 2. The van der Waals surface area contributed by atoms with E-state index in [0.717, 1.165) is 26.2 Å². The van der Waals surface area contributed by atoms with Crippen molar-refractivity contribution in [1.82, 2.24) is 0 Å². The molecule has 1 aliphatic carbocycles. The Balaban J connectivity index is 0.000000796. The molecule has 0 spiro atoms. The zero-order valence-corrected chi connectivity index (χ0v) is 12.5. The van der Waals surface area contributed by atoms with Crippen LogP contribution in [0.1, 0.15) is 47.0 Å². The molecule has 2 unspecified atom stereocenters. The van der Waals surface area contributed by atoms with E-state index in [2.05, 4.69) is 30.8 Å². The molecule has 1 saturated carbocycles. The van der Waals surface area contributed by atoms with Crippen LogP contribution in [-0.2, 0) is 14.4 Å². The van der Waals surface area contributed by atoms with Crippen molar-refractivity contribution in [3.05, 3.63) is 0 Å². The first-order valence-corrected chi connectivity index (χ1v) is 6.44. The number of nitrogens with zero attached hydrogens (tertiary/aromatic N) is 2. The fourth-order valence-corrected chi connectivity index (χ4v) is 3.09. The minimum Gasteiger partial charge on any atom is -0.481 e. The fraction of sp³-hybridized carbons (Fsp3) is 0.786. The van der Waals surface area contributed by atoms with Gasteiger partial charge in [-0.1, -0.05) is 20.8 Å². The van der Waals surface area contributed by atoms with Crippen LogP contribution in [0.25, 0.3) is 0 Å². The standard InChI is InChI=1S/C12H18N2O2.C2H4O2/c1-11(2)4-10(14-9-16)5-12(3,6-11)7-13-8-15;1-2(3)4/h10H,4-7H2,1-3H3;1H3,(H,3,4). The largest absolute Gasteiger partial charge is 0.481 e. The van der Waals surface area contributed by atoms with Gasteiger partial charge in [-0.3, -0.25) is 4.79 Å². The topological polar surface area (TPSA) is 96.2 Å². The van der Waals surface area contributed by atoms with E-state index in [1.807, 2.05) is 0 Å². The van der Waals surface area contributed by atoms with Crippen LogP contribution in [-0.4, -0.2) is 35.8 Å². The maximum absolute atomic E-state index is 10.3. The molecule has 0 aromatic rings. The highest BCUT2D eigenvalue weighted by Crippen LogP contribution is 2.47. The van der Waals surface area contributed by atoms with Crippen molar-refractivity contribution in [3.63, 3.8) is 0 Å². The SMILES string of the molecule is CC(=O)O.CC1(C)CC(N=C=O)CC(C)(CN=C=O)C1. The molecule has 1 aliphatic rings. The first-order chi connectivity index (χ1) is 9.14. The third-order valence-corrected chi connectivity index (χ3v) is 3.18. The molecule has 0 aromatic carbocycles. The van der Waals surface area contributed by atoms with Crippen LogP contribution in [0.5, 0.6) is 0 Å². The summed E-state index contributed by atoms with van der Waals surface area (Å²) in [5.41, 5.74) is 0.0561. The number of aliphatic carboxylic acids is 1. The Labute approximate surface area is 119 Å². The number of carbonyl (C=O) groups excluding carboxylic acids is 2. The molecule has 0 amide bonds. The molecule has 0 aliphatic heterocycles. The number of carboxylic acids is 1. The highest BCUT2D eigenvalue weighted by Gasteiger charge is 2.41. The Morgan fingerprint density at radius 3 is 2.25 bits per heavy atom. The molecular weight excluding hydrogens is 260 g/mol. The Bertz CT molecular complexity index is 430. The average molecular weight is 282 g/mol. The number of aliphatic imine (C=N–C) groups is 2. The van der Waals surface area contributed by atoms with Gasteiger partial charge in [-0.2, -0.15) is 0 Å². The molecule has 2 atom stereocenters. The maximum atomic E-state index is 10.3. The van der Waals surface area contributed by atoms with Crippen LogP contribution >= 0.6 is 0 Å². The Kier molecular flexibility index (Phi) is 7.05. The van der Waals surface area contributed by atoms with E-state index in [-0.39, 0.29) is 16.9 Å².